The summed E-state index contributed by atoms with van der Waals surface area (Å²) in [4.78, 5) is 31.6. The van der Waals surface area contributed by atoms with E-state index in [0.29, 0.717) is 62.1 Å². The Kier molecular flexibility index (Phi) is 6.24. The Hall–Kier alpha value is -2.98. The number of imidazole rings is 1. The quantitative estimate of drug-likeness (QED) is 0.588. The molecule has 1 fully saturated rings. The maximum atomic E-state index is 12.0. The number of amides is 1. The number of aryl methyl sites for hydroxylation is 1. The van der Waals surface area contributed by atoms with Crippen molar-refractivity contribution in [2.75, 3.05) is 37.7 Å². The number of aromatic nitrogens is 5. The van der Waals surface area contributed by atoms with E-state index in [9.17, 15) is 4.79 Å². The number of hydrogen-bond acceptors (Lipinski definition) is 8. The molecular weight excluding hydrogens is 410 g/mol. The molecule has 1 amide bonds. The Morgan fingerprint density at radius 3 is 2.87 bits per heavy atom. The van der Waals surface area contributed by atoms with Crippen molar-refractivity contribution in [2.45, 2.75) is 13.0 Å². The van der Waals surface area contributed by atoms with Crippen molar-refractivity contribution < 1.29 is 14.3 Å². The van der Waals surface area contributed by atoms with Crippen LogP contribution in [-0.2, 0) is 29.5 Å². The average molecular weight is 432 g/mol. The van der Waals surface area contributed by atoms with E-state index in [1.54, 1.807) is 17.8 Å². The minimum absolute atomic E-state index is 0.00243. The van der Waals surface area contributed by atoms with E-state index in [-0.39, 0.29) is 11.9 Å². The fourth-order valence-electron chi connectivity index (χ4n) is 3.21. The highest BCUT2D eigenvalue weighted by molar-refractivity contribution is 6.28. The Labute approximate surface area is 178 Å². The Bertz CT molecular complexity index is 1020. The normalized spacial score (nSPS) is 14.1. The van der Waals surface area contributed by atoms with Crippen molar-refractivity contribution in [3.8, 4) is 0 Å². The predicted molar refractivity (Wildman–Crippen MR) is 110 cm³/mol. The molecule has 1 N–H and O–H groups in total. The third-order valence-corrected chi connectivity index (χ3v) is 4.95. The summed E-state index contributed by atoms with van der Waals surface area (Å²) >= 11 is 6.14. The summed E-state index contributed by atoms with van der Waals surface area (Å²) in [5.41, 5.74) is 2.11. The molecule has 1 saturated heterocycles. The van der Waals surface area contributed by atoms with Gasteiger partial charge < -0.3 is 24.3 Å². The molecule has 3 aromatic heterocycles. The molecule has 3 aromatic rings. The second kappa shape index (κ2) is 9.23. The second-order valence-electron chi connectivity index (χ2n) is 6.75. The summed E-state index contributed by atoms with van der Waals surface area (Å²) in [5.74, 6) is 1.21. The lowest BCUT2D eigenvalue weighted by atomic mass is 10.3. The van der Waals surface area contributed by atoms with Crippen molar-refractivity contribution in [2.24, 2.45) is 7.05 Å². The van der Waals surface area contributed by atoms with Crippen LogP contribution in [0.1, 0.15) is 11.5 Å². The molecule has 0 saturated carbocycles. The SMILES string of the molecule is Cn1c(COC(=O)NCCc2ccccn2)nc2c(N3CCOCC3)nc(Cl)nc21. The van der Waals surface area contributed by atoms with Gasteiger partial charge in [-0.25, -0.2) is 9.78 Å². The van der Waals surface area contributed by atoms with Crippen molar-refractivity contribution in [3.05, 3.63) is 41.2 Å². The number of morpholine rings is 1. The second-order valence-corrected chi connectivity index (χ2v) is 7.09. The molecule has 0 spiro atoms. The fourth-order valence-corrected chi connectivity index (χ4v) is 3.37. The zero-order chi connectivity index (χ0) is 20.9. The number of nitrogens with zero attached hydrogens (tertiary/aromatic N) is 6. The summed E-state index contributed by atoms with van der Waals surface area (Å²) < 4.78 is 12.5. The third kappa shape index (κ3) is 4.60. The molecule has 30 heavy (non-hydrogen) atoms. The van der Waals surface area contributed by atoms with E-state index in [2.05, 4.69) is 30.2 Å². The van der Waals surface area contributed by atoms with Crippen molar-refractivity contribution in [1.29, 1.82) is 0 Å². The molecule has 0 bridgehead atoms. The molecule has 4 rings (SSSR count). The molecular formula is C19H22ClN7O3. The van der Waals surface area contributed by atoms with Crippen molar-refractivity contribution in [3.63, 3.8) is 0 Å². The number of nitrogens with one attached hydrogen (secondary N) is 1. The summed E-state index contributed by atoms with van der Waals surface area (Å²) in [7, 11) is 1.80. The van der Waals surface area contributed by atoms with Gasteiger partial charge >= 0.3 is 6.09 Å². The molecule has 0 atom stereocenters. The zero-order valence-electron chi connectivity index (χ0n) is 16.5. The van der Waals surface area contributed by atoms with Crippen LogP contribution in [0.25, 0.3) is 11.2 Å². The van der Waals surface area contributed by atoms with Gasteiger partial charge in [-0.2, -0.15) is 9.97 Å². The lowest BCUT2D eigenvalue weighted by Crippen LogP contribution is -2.37. The minimum Gasteiger partial charge on any atom is -0.441 e. The predicted octanol–water partition coefficient (Wildman–Crippen LogP) is 1.72. The first-order valence-electron chi connectivity index (χ1n) is 9.64. The van der Waals surface area contributed by atoms with E-state index >= 15 is 0 Å². The first-order chi connectivity index (χ1) is 14.6. The van der Waals surface area contributed by atoms with Crippen LogP contribution in [0.3, 0.4) is 0 Å². The first kappa shape index (κ1) is 20.3. The molecule has 158 valence electrons. The van der Waals surface area contributed by atoms with Crippen LogP contribution in [-0.4, -0.2) is 63.4 Å². The monoisotopic (exact) mass is 431 g/mol. The number of halogens is 1. The lowest BCUT2D eigenvalue weighted by molar-refractivity contribution is 0.122. The number of carbonyl (C=O) groups excluding carboxylic acids is 1. The number of alkyl carbamates (subject to hydrolysis) is 1. The van der Waals surface area contributed by atoms with Crippen LogP contribution in [0.4, 0.5) is 10.6 Å². The van der Waals surface area contributed by atoms with Crippen LogP contribution in [0.15, 0.2) is 24.4 Å². The van der Waals surface area contributed by atoms with Crippen LogP contribution in [0, 0.1) is 0 Å². The highest BCUT2D eigenvalue weighted by Gasteiger charge is 2.22. The lowest BCUT2D eigenvalue weighted by Gasteiger charge is -2.27. The number of fused-ring (bicyclic) bond motifs is 1. The minimum atomic E-state index is -0.518. The third-order valence-electron chi connectivity index (χ3n) is 4.79. The van der Waals surface area contributed by atoms with Gasteiger partial charge in [0.15, 0.2) is 23.6 Å². The van der Waals surface area contributed by atoms with Gasteiger partial charge in [-0.15, -0.1) is 0 Å². The topological polar surface area (TPSA) is 107 Å². The van der Waals surface area contributed by atoms with Gasteiger partial charge in [-0.1, -0.05) is 6.07 Å². The highest BCUT2D eigenvalue weighted by Crippen LogP contribution is 2.26. The maximum Gasteiger partial charge on any atom is 0.407 e. The maximum absolute atomic E-state index is 12.0. The molecule has 1 aliphatic heterocycles. The van der Waals surface area contributed by atoms with Gasteiger partial charge in [0.1, 0.15) is 5.82 Å². The van der Waals surface area contributed by atoms with Crippen LogP contribution < -0.4 is 10.2 Å². The number of ether oxygens (including phenoxy) is 2. The standard InChI is InChI=1S/C19H22ClN7O3/c1-26-14(12-30-19(28)22-7-5-13-4-2-3-6-21-13)23-15-16(26)24-18(20)25-17(15)27-8-10-29-11-9-27/h2-4,6H,5,7-12H2,1H3,(H,22,28). The van der Waals surface area contributed by atoms with Crippen LogP contribution >= 0.6 is 11.6 Å². The smallest absolute Gasteiger partial charge is 0.407 e. The van der Waals surface area contributed by atoms with E-state index in [0.717, 1.165) is 5.69 Å². The van der Waals surface area contributed by atoms with E-state index in [4.69, 9.17) is 21.1 Å². The number of pyridine rings is 1. The van der Waals surface area contributed by atoms with Crippen molar-refractivity contribution in [1.82, 2.24) is 29.8 Å². The van der Waals surface area contributed by atoms with Gasteiger partial charge in [0.05, 0.1) is 13.2 Å². The number of carbonyl (C=O) groups is 1. The summed E-state index contributed by atoms with van der Waals surface area (Å²) in [5, 5.41) is 2.86. The molecule has 11 heteroatoms. The van der Waals surface area contributed by atoms with E-state index < -0.39 is 6.09 Å². The molecule has 1 aliphatic rings. The van der Waals surface area contributed by atoms with Crippen molar-refractivity contribution >= 4 is 34.7 Å². The highest BCUT2D eigenvalue weighted by atomic mass is 35.5. The van der Waals surface area contributed by atoms with Gasteiger partial charge in [0.2, 0.25) is 5.28 Å². The Balaban J connectivity index is 1.41. The Morgan fingerprint density at radius 2 is 2.10 bits per heavy atom. The summed E-state index contributed by atoms with van der Waals surface area (Å²) in [6.07, 6.45) is 1.83. The van der Waals surface area contributed by atoms with Gasteiger partial charge in [0, 0.05) is 45.0 Å². The molecule has 0 unspecified atom stereocenters. The first-order valence-corrected chi connectivity index (χ1v) is 10.0. The number of rotatable bonds is 6. The Morgan fingerprint density at radius 1 is 1.27 bits per heavy atom. The van der Waals surface area contributed by atoms with E-state index in [1.807, 2.05) is 18.2 Å². The molecule has 0 aliphatic carbocycles. The van der Waals surface area contributed by atoms with Gasteiger partial charge in [-0.3, -0.25) is 4.98 Å². The summed E-state index contributed by atoms with van der Waals surface area (Å²) in [6, 6.07) is 5.67. The largest absolute Gasteiger partial charge is 0.441 e. The molecule has 4 heterocycles. The van der Waals surface area contributed by atoms with Gasteiger partial charge in [-0.05, 0) is 23.7 Å². The molecule has 0 aromatic carbocycles. The van der Waals surface area contributed by atoms with Crippen LogP contribution in [0.2, 0.25) is 5.28 Å². The fraction of sp³-hybridized carbons (Fsp3) is 0.421. The molecule has 10 nitrogen and oxygen atoms in total. The zero-order valence-corrected chi connectivity index (χ0v) is 17.3. The molecule has 0 radical (unpaired) electrons. The summed E-state index contributed by atoms with van der Waals surface area (Å²) in [6.45, 7) is 3.06. The van der Waals surface area contributed by atoms with E-state index in [1.165, 1.54) is 0 Å². The van der Waals surface area contributed by atoms with Gasteiger partial charge in [0.25, 0.3) is 0 Å². The van der Waals surface area contributed by atoms with Crippen LogP contribution in [0.5, 0.6) is 0 Å². The number of anilines is 1. The number of hydrogen-bond donors (Lipinski definition) is 1. The average Bonchev–Trinajstić information content (AvgIpc) is 3.08.